The van der Waals surface area contributed by atoms with Crippen LogP contribution in [0.3, 0.4) is 0 Å². The minimum atomic E-state index is 0.597. The molecule has 1 aromatic rings. The minimum absolute atomic E-state index is 0.597. The van der Waals surface area contributed by atoms with Crippen LogP contribution in [0.2, 0.25) is 0 Å². The van der Waals surface area contributed by atoms with E-state index in [4.69, 9.17) is 19.3 Å². The van der Waals surface area contributed by atoms with Gasteiger partial charge >= 0.3 is 0 Å². The highest BCUT2D eigenvalue weighted by Crippen LogP contribution is 2.22. The van der Waals surface area contributed by atoms with Gasteiger partial charge in [-0.25, -0.2) is 0 Å². The van der Waals surface area contributed by atoms with E-state index in [-0.39, 0.29) is 0 Å². The first-order chi connectivity index (χ1) is 6.24. The highest BCUT2D eigenvalue weighted by atomic mass is 79.9. The van der Waals surface area contributed by atoms with Crippen LogP contribution in [0.4, 0.5) is 0 Å². The van der Waals surface area contributed by atoms with Crippen molar-refractivity contribution in [2.24, 2.45) is 0 Å². The summed E-state index contributed by atoms with van der Waals surface area (Å²) < 4.78 is 0.793. The highest BCUT2D eigenvalue weighted by Gasteiger charge is 2.06. The number of halogens is 1. The molecule has 1 rings (SSSR count). The second-order valence-electron chi connectivity index (χ2n) is 2.28. The summed E-state index contributed by atoms with van der Waals surface area (Å²) >= 11 is 3.30. The summed E-state index contributed by atoms with van der Waals surface area (Å²) in [6.45, 7) is 0. The van der Waals surface area contributed by atoms with E-state index in [0.29, 0.717) is 16.7 Å². The van der Waals surface area contributed by atoms with Crippen LogP contribution in [-0.4, -0.2) is 0 Å². The van der Waals surface area contributed by atoms with Crippen molar-refractivity contribution in [3.05, 3.63) is 33.3 Å². The maximum Gasteiger partial charge on any atom is 0.0567 e. The Morgan fingerprint density at radius 3 is 2.00 bits per heavy atom. The Hall–Kier alpha value is -1.62. The van der Waals surface area contributed by atoms with E-state index in [1.807, 2.05) is 0 Å². The molecule has 60 valence electrons. The van der Waals surface area contributed by atoms with Gasteiger partial charge in [-0.15, -0.1) is 19.3 Å². The second-order valence-corrected chi connectivity index (χ2v) is 3.13. The van der Waals surface area contributed by atoms with Crippen molar-refractivity contribution in [3.8, 4) is 37.0 Å². The summed E-state index contributed by atoms with van der Waals surface area (Å²) in [7, 11) is 0. The maximum atomic E-state index is 5.31. The molecule has 0 aliphatic carbocycles. The summed E-state index contributed by atoms with van der Waals surface area (Å²) in [5, 5.41) is 0. The quantitative estimate of drug-likeness (QED) is 0.599. The second kappa shape index (κ2) is 3.86. The zero-order valence-corrected chi connectivity index (χ0v) is 8.35. The zero-order valence-electron chi connectivity index (χ0n) is 6.76. The van der Waals surface area contributed by atoms with Crippen molar-refractivity contribution < 1.29 is 0 Å². The number of benzene rings is 1. The molecule has 0 aliphatic heterocycles. The first-order valence-electron chi connectivity index (χ1n) is 3.47. The maximum absolute atomic E-state index is 5.31. The Kier molecular flexibility index (Phi) is 2.81. The normalized spacial score (nSPS) is 8.15. The molecule has 1 heteroatoms. The summed E-state index contributed by atoms with van der Waals surface area (Å²) in [4.78, 5) is 0. The Balaban J connectivity index is 3.63. The minimum Gasteiger partial charge on any atom is -0.115 e. The monoisotopic (exact) mass is 228 g/mol. The van der Waals surface area contributed by atoms with Crippen molar-refractivity contribution >= 4 is 15.9 Å². The van der Waals surface area contributed by atoms with Gasteiger partial charge in [-0.3, -0.25) is 0 Å². The van der Waals surface area contributed by atoms with Gasteiger partial charge in [-0.2, -0.15) is 0 Å². The van der Waals surface area contributed by atoms with Gasteiger partial charge in [0.2, 0.25) is 0 Å². The van der Waals surface area contributed by atoms with Crippen molar-refractivity contribution in [3.63, 3.8) is 0 Å². The van der Waals surface area contributed by atoms with E-state index in [1.54, 1.807) is 12.1 Å². The third kappa shape index (κ3) is 1.59. The van der Waals surface area contributed by atoms with E-state index in [1.165, 1.54) is 0 Å². The molecule has 0 aliphatic rings. The standard InChI is InChI=1S/C12H5Br/c1-4-9-7-8-12(13)11(6-3)10(9)5-2/h1-3,7-8H. The van der Waals surface area contributed by atoms with Gasteiger partial charge in [0.1, 0.15) is 0 Å². The van der Waals surface area contributed by atoms with Crippen molar-refractivity contribution in [1.29, 1.82) is 0 Å². The third-order valence-corrected chi connectivity index (χ3v) is 2.26. The average Bonchev–Trinajstić information content (AvgIpc) is 2.17. The summed E-state index contributed by atoms with van der Waals surface area (Å²) in [6.07, 6.45) is 15.9. The molecule has 13 heavy (non-hydrogen) atoms. The fraction of sp³-hybridized carbons (Fsp3) is 0. The van der Waals surface area contributed by atoms with Gasteiger partial charge < -0.3 is 0 Å². The van der Waals surface area contributed by atoms with Gasteiger partial charge in [0.15, 0.2) is 0 Å². The van der Waals surface area contributed by atoms with Crippen LogP contribution in [0.15, 0.2) is 16.6 Å². The Bertz CT molecular complexity index is 462. The molecule has 0 spiro atoms. The molecule has 0 aromatic heterocycles. The topological polar surface area (TPSA) is 0 Å². The molecule has 0 radical (unpaired) electrons. The molecule has 0 saturated carbocycles. The fourth-order valence-electron chi connectivity index (χ4n) is 0.989. The van der Waals surface area contributed by atoms with Crippen LogP contribution in [0, 0.1) is 37.0 Å². The van der Waals surface area contributed by atoms with Crippen LogP contribution >= 0.6 is 15.9 Å². The SMILES string of the molecule is C#Cc1ccc(Br)c(C#C)c1C#C. The van der Waals surface area contributed by atoms with Crippen LogP contribution in [0.1, 0.15) is 16.7 Å². The molecular weight excluding hydrogens is 224 g/mol. The lowest BCUT2D eigenvalue weighted by Gasteiger charge is -2.02. The lowest BCUT2D eigenvalue weighted by atomic mass is 10.0. The molecule has 1 aromatic carbocycles. The molecular formula is C12H5Br. The number of hydrogen-bond donors (Lipinski definition) is 0. The molecule has 0 amide bonds. The molecule has 0 fully saturated rings. The Morgan fingerprint density at radius 1 is 0.923 bits per heavy atom. The fourth-order valence-corrected chi connectivity index (χ4v) is 1.43. The van der Waals surface area contributed by atoms with Gasteiger partial charge in [0.05, 0.1) is 11.1 Å². The first kappa shape index (κ1) is 9.47. The zero-order chi connectivity index (χ0) is 9.84. The molecule has 0 heterocycles. The van der Waals surface area contributed by atoms with Crippen molar-refractivity contribution in [2.45, 2.75) is 0 Å². The molecule has 0 bridgehead atoms. The van der Waals surface area contributed by atoms with Gasteiger partial charge in [-0.05, 0) is 28.1 Å². The van der Waals surface area contributed by atoms with E-state index in [9.17, 15) is 0 Å². The van der Waals surface area contributed by atoms with E-state index in [0.717, 1.165) is 4.47 Å². The van der Waals surface area contributed by atoms with Crippen molar-refractivity contribution in [1.82, 2.24) is 0 Å². The molecule has 0 atom stereocenters. The predicted molar refractivity (Wildman–Crippen MR) is 57.9 cm³/mol. The lowest BCUT2D eigenvalue weighted by molar-refractivity contribution is 1.51. The van der Waals surface area contributed by atoms with Gasteiger partial charge in [0.25, 0.3) is 0 Å². The summed E-state index contributed by atoms with van der Waals surface area (Å²) in [6, 6.07) is 3.56. The first-order valence-corrected chi connectivity index (χ1v) is 4.26. The van der Waals surface area contributed by atoms with Crippen LogP contribution < -0.4 is 0 Å². The molecule has 0 saturated heterocycles. The average molecular weight is 229 g/mol. The van der Waals surface area contributed by atoms with Crippen molar-refractivity contribution in [2.75, 3.05) is 0 Å². The van der Waals surface area contributed by atoms with Crippen LogP contribution in [0.5, 0.6) is 0 Å². The summed E-state index contributed by atoms with van der Waals surface area (Å²) in [5.41, 5.74) is 1.89. The number of rotatable bonds is 0. The molecule has 0 unspecified atom stereocenters. The van der Waals surface area contributed by atoms with Crippen LogP contribution in [0.25, 0.3) is 0 Å². The van der Waals surface area contributed by atoms with Gasteiger partial charge in [-0.1, -0.05) is 17.8 Å². The summed E-state index contributed by atoms with van der Waals surface area (Å²) in [5.74, 6) is 7.49. The molecule has 0 nitrogen and oxygen atoms in total. The largest absolute Gasteiger partial charge is 0.115 e. The van der Waals surface area contributed by atoms with E-state index in [2.05, 4.69) is 33.7 Å². The Morgan fingerprint density at radius 2 is 1.54 bits per heavy atom. The molecule has 0 N–H and O–H groups in total. The predicted octanol–water partition coefficient (Wildman–Crippen LogP) is 2.39. The number of terminal acetylenes is 3. The lowest BCUT2D eigenvalue weighted by Crippen LogP contribution is -1.90. The number of hydrogen-bond acceptors (Lipinski definition) is 0. The van der Waals surface area contributed by atoms with Crippen LogP contribution in [-0.2, 0) is 0 Å². The Labute approximate surface area is 86.5 Å². The van der Waals surface area contributed by atoms with E-state index >= 15 is 0 Å². The third-order valence-electron chi connectivity index (χ3n) is 1.60. The smallest absolute Gasteiger partial charge is 0.0567 e. The highest BCUT2D eigenvalue weighted by molar-refractivity contribution is 9.10. The van der Waals surface area contributed by atoms with E-state index < -0.39 is 0 Å². The van der Waals surface area contributed by atoms with Gasteiger partial charge in [0, 0.05) is 10.0 Å².